The third-order valence-electron chi connectivity index (χ3n) is 3.34. The van der Waals surface area contributed by atoms with Crippen molar-refractivity contribution in [3.05, 3.63) is 60.5 Å². The third-order valence-corrected chi connectivity index (χ3v) is 3.34. The van der Waals surface area contributed by atoms with Gasteiger partial charge in [-0.25, -0.2) is 0 Å². The maximum Gasteiger partial charge on any atom is 0.142 e. The molecule has 0 amide bonds. The number of ether oxygens (including phenoxy) is 2. The summed E-state index contributed by atoms with van der Waals surface area (Å²) in [6.07, 6.45) is 0.917. The Balaban J connectivity index is 1.98. The summed E-state index contributed by atoms with van der Waals surface area (Å²) in [7, 11) is 0. The normalized spacial score (nSPS) is 10.3. The fraction of sp³-hybridized carbons (Fsp3) is 0.316. The van der Waals surface area contributed by atoms with Crippen molar-refractivity contribution in [2.75, 3.05) is 25.1 Å². The van der Waals surface area contributed by atoms with Crippen molar-refractivity contribution in [1.29, 1.82) is 0 Å². The molecule has 0 atom stereocenters. The minimum Gasteiger partial charge on any atom is -0.494 e. The van der Waals surface area contributed by atoms with Crippen molar-refractivity contribution >= 4 is 5.69 Å². The van der Waals surface area contributed by atoms with Gasteiger partial charge >= 0.3 is 0 Å². The van der Waals surface area contributed by atoms with Gasteiger partial charge in [-0.1, -0.05) is 24.3 Å². The van der Waals surface area contributed by atoms with Crippen LogP contribution < -0.4 is 14.8 Å². The lowest BCUT2D eigenvalue weighted by atomic mass is 10.1. The maximum absolute atomic E-state index is 5.65. The van der Waals surface area contributed by atoms with Crippen LogP contribution in [-0.2, 0) is 6.42 Å². The zero-order valence-corrected chi connectivity index (χ0v) is 13.4. The Labute approximate surface area is 133 Å². The fourth-order valence-electron chi connectivity index (χ4n) is 2.34. The lowest BCUT2D eigenvalue weighted by Gasteiger charge is -2.15. The minimum absolute atomic E-state index is 0.647. The zero-order chi connectivity index (χ0) is 15.8. The number of nitrogens with one attached hydrogen (secondary N) is 1. The third kappa shape index (κ3) is 4.42. The lowest BCUT2D eigenvalue weighted by molar-refractivity contribution is 0.340. The van der Waals surface area contributed by atoms with Crippen molar-refractivity contribution in [2.45, 2.75) is 20.3 Å². The molecule has 0 aliphatic carbocycles. The fourth-order valence-corrected chi connectivity index (χ4v) is 2.34. The molecule has 0 aromatic heterocycles. The van der Waals surface area contributed by atoms with Gasteiger partial charge in [0.05, 0.1) is 18.9 Å². The van der Waals surface area contributed by atoms with Gasteiger partial charge in [-0.15, -0.1) is 0 Å². The van der Waals surface area contributed by atoms with Gasteiger partial charge in [-0.2, -0.15) is 0 Å². The second kappa shape index (κ2) is 8.32. The van der Waals surface area contributed by atoms with Gasteiger partial charge in [0.1, 0.15) is 11.5 Å². The zero-order valence-electron chi connectivity index (χ0n) is 13.4. The van der Waals surface area contributed by atoms with Crippen LogP contribution in [0, 0.1) is 6.92 Å². The Morgan fingerprint density at radius 2 is 1.77 bits per heavy atom. The van der Waals surface area contributed by atoms with Gasteiger partial charge in [0.2, 0.25) is 0 Å². The van der Waals surface area contributed by atoms with Crippen molar-refractivity contribution in [1.82, 2.24) is 0 Å². The molecule has 0 heterocycles. The van der Waals surface area contributed by atoms with Gasteiger partial charge in [0.25, 0.3) is 0 Å². The summed E-state index contributed by atoms with van der Waals surface area (Å²) in [4.78, 5) is 0. The van der Waals surface area contributed by atoms with Crippen LogP contribution in [0.1, 0.15) is 25.0 Å². The molecule has 0 bridgehead atoms. The van der Waals surface area contributed by atoms with Crippen molar-refractivity contribution in [3.8, 4) is 11.5 Å². The molecule has 2 aromatic carbocycles. The van der Waals surface area contributed by atoms with Gasteiger partial charge < -0.3 is 14.8 Å². The molecule has 3 nitrogen and oxygen atoms in total. The van der Waals surface area contributed by atoms with E-state index in [2.05, 4.69) is 24.4 Å². The Morgan fingerprint density at radius 1 is 1.00 bits per heavy atom. The Bertz CT molecular complexity index is 596. The van der Waals surface area contributed by atoms with E-state index in [-0.39, 0.29) is 0 Å². The lowest BCUT2D eigenvalue weighted by Crippen LogP contribution is -2.08. The van der Waals surface area contributed by atoms with Gasteiger partial charge in [0, 0.05) is 6.54 Å². The van der Waals surface area contributed by atoms with Crippen LogP contribution in [0.5, 0.6) is 11.5 Å². The van der Waals surface area contributed by atoms with Crippen LogP contribution in [0.2, 0.25) is 0 Å². The minimum atomic E-state index is 0.647. The van der Waals surface area contributed by atoms with E-state index in [1.165, 1.54) is 5.56 Å². The smallest absolute Gasteiger partial charge is 0.142 e. The highest BCUT2D eigenvalue weighted by Gasteiger charge is 2.06. The van der Waals surface area contributed by atoms with Crippen LogP contribution in [0.4, 0.5) is 5.69 Å². The molecule has 3 heteroatoms. The molecule has 0 aliphatic rings. The summed E-state index contributed by atoms with van der Waals surface area (Å²) in [6, 6.07) is 14.1. The van der Waals surface area contributed by atoms with Crippen LogP contribution in [0.15, 0.2) is 42.5 Å². The topological polar surface area (TPSA) is 30.5 Å². The first-order chi connectivity index (χ1) is 10.7. The monoisotopic (exact) mass is 298 g/mol. The van der Waals surface area contributed by atoms with E-state index < -0.39 is 0 Å². The van der Waals surface area contributed by atoms with E-state index in [4.69, 9.17) is 9.47 Å². The highest BCUT2D eigenvalue weighted by atomic mass is 16.5. The van der Waals surface area contributed by atoms with E-state index in [0.29, 0.717) is 13.2 Å². The van der Waals surface area contributed by atoms with Crippen molar-refractivity contribution < 1.29 is 9.47 Å². The summed E-state index contributed by atoms with van der Waals surface area (Å²) < 4.78 is 11.2. The quantitative estimate of drug-likeness (QED) is 0.787. The molecule has 2 aromatic rings. The second-order valence-corrected chi connectivity index (χ2v) is 4.98. The molecule has 2 rings (SSSR count). The molecule has 0 fully saturated rings. The Kier molecular flexibility index (Phi) is 6.13. The summed E-state index contributed by atoms with van der Waals surface area (Å²) >= 11 is 0. The molecular weight excluding hydrogens is 274 g/mol. The van der Waals surface area contributed by atoms with Gasteiger partial charge in [-0.05, 0) is 56.5 Å². The molecule has 0 spiro atoms. The van der Waals surface area contributed by atoms with E-state index in [9.17, 15) is 0 Å². The number of hydrogen-bond acceptors (Lipinski definition) is 3. The first-order valence-corrected chi connectivity index (χ1v) is 7.78. The average Bonchev–Trinajstić information content (AvgIpc) is 2.51. The Morgan fingerprint density at radius 3 is 2.55 bits per heavy atom. The summed E-state index contributed by atoms with van der Waals surface area (Å²) in [6.45, 7) is 10.2. The number of hydrogen-bond donors (Lipinski definition) is 1. The largest absolute Gasteiger partial charge is 0.494 e. The maximum atomic E-state index is 5.65. The summed E-state index contributed by atoms with van der Waals surface area (Å²) in [5, 5.41) is 3.44. The average molecular weight is 298 g/mol. The Hall–Kier alpha value is -2.16. The SMILES string of the molecule is [CH2]c1cccc(OCC)c1NCCc1cccc(OCC)c1. The number of rotatable bonds is 8. The molecule has 0 aliphatic heterocycles. The van der Waals surface area contributed by atoms with E-state index in [1.54, 1.807) is 0 Å². The summed E-state index contributed by atoms with van der Waals surface area (Å²) in [5.74, 6) is 1.78. The van der Waals surface area contributed by atoms with Crippen LogP contribution >= 0.6 is 0 Å². The molecule has 0 saturated heterocycles. The molecule has 0 unspecified atom stereocenters. The molecule has 1 N–H and O–H groups in total. The first kappa shape index (κ1) is 16.2. The molecule has 1 radical (unpaired) electrons. The number of para-hydroxylation sites is 1. The van der Waals surface area contributed by atoms with Gasteiger partial charge in [0.15, 0.2) is 0 Å². The molecular formula is C19H24NO2. The standard InChI is InChI=1S/C19H24NO2/c1-4-21-17-10-7-9-16(14-17)12-13-20-19-15(3)8-6-11-18(19)22-5-2/h6-11,14,20H,3-5,12-13H2,1-2H3. The van der Waals surface area contributed by atoms with Crippen molar-refractivity contribution in [2.24, 2.45) is 0 Å². The predicted octanol–water partition coefficient (Wildman–Crippen LogP) is 4.32. The number of anilines is 1. The second-order valence-electron chi connectivity index (χ2n) is 4.98. The summed E-state index contributed by atoms with van der Waals surface area (Å²) in [5.41, 5.74) is 3.18. The molecule has 0 saturated carbocycles. The highest BCUT2D eigenvalue weighted by Crippen LogP contribution is 2.28. The first-order valence-electron chi connectivity index (χ1n) is 7.78. The van der Waals surface area contributed by atoms with Crippen LogP contribution in [0.25, 0.3) is 0 Å². The molecule has 117 valence electrons. The van der Waals surface area contributed by atoms with E-state index in [0.717, 1.165) is 35.7 Å². The number of benzene rings is 2. The molecule has 22 heavy (non-hydrogen) atoms. The van der Waals surface area contributed by atoms with Crippen molar-refractivity contribution in [3.63, 3.8) is 0 Å². The van der Waals surface area contributed by atoms with E-state index in [1.807, 2.05) is 44.2 Å². The predicted molar refractivity (Wildman–Crippen MR) is 91.9 cm³/mol. The van der Waals surface area contributed by atoms with E-state index >= 15 is 0 Å². The van der Waals surface area contributed by atoms with Crippen LogP contribution in [0.3, 0.4) is 0 Å². The van der Waals surface area contributed by atoms with Crippen LogP contribution in [-0.4, -0.2) is 19.8 Å². The highest BCUT2D eigenvalue weighted by molar-refractivity contribution is 5.63. The van der Waals surface area contributed by atoms with Gasteiger partial charge in [-0.3, -0.25) is 0 Å².